The Morgan fingerprint density at radius 1 is 1.03 bits per heavy atom. The van der Waals surface area contributed by atoms with Gasteiger partial charge in [-0.25, -0.2) is 19.4 Å². The SMILES string of the molecule is CC(C)(C)c1cnc(CN2CC3(C2)CN(C(=O)N2CC4(CC(n5cnc(C(F)(F)F)n5)C4)C2)C3)[nH]1. The zero-order valence-corrected chi connectivity index (χ0v) is 20.3. The quantitative estimate of drug-likeness (QED) is 0.712. The summed E-state index contributed by atoms with van der Waals surface area (Å²) in [5, 5.41) is 3.59. The van der Waals surface area contributed by atoms with E-state index in [0.29, 0.717) is 13.1 Å². The van der Waals surface area contributed by atoms with E-state index in [4.69, 9.17) is 0 Å². The minimum absolute atomic E-state index is 0.0233. The van der Waals surface area contributed by atoms with Crippen LogP contribution in [0.5, 0.6) is 0 Å². The molecular formula is C23H31F3N8O. The molecule has 0 bridgehead atoms. The predicted molar refractivity (Wildman–Crippen MR) is 119 cm³/mol. The van der Waals surface area contributed by atoms with Gasteiger partial charge in [0.1, 0.15) is 12.2 Å². The van der Waals surface area contributed by atoms with Crippen molar-refractivity contribution in [2.24, 2.45) is 10.8 Å². The number of halogens is 3. The number of carbonyl (C=O) groups is 1. The highest BCUT2D eigenvalue weighted by molar-refractivity contribution is 5.77. The molecule has 9 nitrogen and oxygen atoms in total. The molecule has 1 N–H and O–H groups in total. The number of hydrogen-bond acceptors (Lipinski definition) is 5. The molecule has 2 aromatic rings. The van der Waals surface area contributed by atoms with Crippen molar-refractivity contribution in [2.75, 3.05) is 39.3 Å². The molecule has 2 amide bonds. The van der Waals surface area contributed by atoms with Crippen molar-refractivity contribution in [3.63, 3.8) is 0 Å². The number of aromatic nitrogens is 5. The minimum Gasteiger partial charge on any atom is -0.344 e. The minimum atomic E-state index is -4.52. The Morgan fingerprint density at radius 3 is 2.20 bits per heavy atom. The molecule has 6 rings (SSSR count). The predicted octanol–water partition coefficient (Wildman–Crippen LogP) is 2.89. The van der Waals surface area contributed by atoms with E-state index < -0.39 is 12.0 Å². The number of urea groups is 1. The first-order valence-electron chi connectivity index (χ1n) is 12.1. The van der Waals surface area contributed by atoms with E-state index in [1.54, 1.807) is 0 Å². The Bertz CT molecular complexity index is 1120. The van der Waals surface area contributed by atoms with Crippen molar-refractivity contribution in [1.29, 1.82) is 0 Å². The van der Waals surface area contributed by atoms with Gasteiger partial charge in [0.15, 0.2) is 0 Å². The number of nitrogens with zero attached hydrogens (tertiary/aromatic N) is 7. The largest absolute Gasteiger partial charge is 0.453 e. The average Bonchev–Trinajstić information content (AvgIpc) is 3.29. The third-order valence-corrected chi connectivity index (χ3v) is 8.05. The topological polar surface area (TPSA) is 86.2 Å². The van der Waals surface area contributed by atoms with Crippen LogP contribution >= 0.6 is 0 Å². The summed E-state index contributed by atoms with van der Waals surface area (Å²) in [5.74, 6) is -0.105. The lowest BCUT2D eigenvalue weighted by atomic mass is 9.60. The van der Waals surface area contributed by atoms with Crippen LogP contribution in [0.25, 0.3) is 0 Å². The average molecular weight is 493 g/mol. The van der Waals surface area contributed by atoms with E-state index in [2.05, 4.69) is 45.7 Å². The molecule has 35 heavy (non-hydrogen) atoms. The summed E-state index contributed by atoms with van der Waals surface area (Å²) in [6, 6.07) is 0.0156. The Kier molecular flexibility index (Phi) is 4.70. The van der Waals surface area contributed by atoms with Crippen LogP contribution in [0.2, 0.25) is 0 Å². The molecule has 4 fully saturated rings. The number of rotatable bonds is 3. The van der Waals surface area contributed by atoms with Gasteiger partial charge in [-0.15, -0.1) is 5.10 Å². The zero-order valence-electron chi connectivity index (χ0n) is 20.3. The number of alkyl halides is 3. The number of H-pyrrole nitrogens is 1. The number of amides is 2. The standard InChI is InChI=1S/C23H31F3N8O/c1-20(2,3)16-6-27-17(29-16)7-31-8-22(9-31)12-33(13-22)19(35)32-10-21(11-32)4-15(5-21)34-14-28-18(30-34)23(24,25)26/h6,14-15H,4-5,7-13H2,1-3H3,(H,27,29). The van der Waals surface area contributed by atoms with Gasteiger partial charge in [-0.05, 0) is 12.8 Å². The molecule has 5 heterocycles. The maximum Gasteiger partial charge on any atom is 0.453 e. The van der Waals surface area contributed by atoms with Crippen LogP contribution in [-0.4, -0.2) is 84.7 Å². The second kappa shape index (κ2) is 7.21. The summed E-state index contributed by atoms with van der Waals surface area (Å²) >= 11 is 0. The Hall–Kier alpha value is -2.63. The summed E-state index contributed by atoms with van der Waals surface area (Å²) in [6.07, 6.45) is 0.0380. The fourth-order valence-corrected chi connectivity index (χ4v) is 6.21. The molecule has 2 spiro atoms. The van der Waals surface area contributed by atoms with Crippen LogP contribution in [0.15, 0.2) is 12.5 Å². The molecular weight excluding hydrogens is 461 g/mol. The van der Waals surface area contributed by atoms with Crippen LogP contribution in [0.3, 0.4) is 0 Å². The molecule has 12 heteroatoms. The maximum absolute atomic E-state index is 12.9. The van der Waals surface area contributed by atoms with Gasteiger partial charge in [-0.1, -0.05) is 20.8 Å². The van der Waals surface area contributed by atoms with Crippen molar-refractivity contribution >= 4 is 6.03 Å². The van der Waals surface area contributed by atoms with Crippen molar-refractivity contribution in [3.8, 4) is 0 Å². The van der Waals surface area contributed by atoms with E-state index in [-0.39, 0.29) is 28.3 Å². The van der Waals surface area contributed by atoms with Gasteiger partial charge < -0.3 is 14.8 Å². The number of hydrogen-bond donors (Lipinski definition) is 1. The van der Waals surface area contributed by atoms with E-state index in [0.717, 1.165) is 57.1 Å². The molecule has 4 aliphatic rings. The number of imidazole rings is 1. The lowest BCUT2D eigenvalue weighted by molar-refractivity contribution is -0.145. The lowest BCUT2D eigenvalue weighted by Gasteiger charge is -2.63. The smallest absolute Gasteiger partial charge is 0.344 e. The maximum atomic E-state index is 12.9. The number of carbonyl (C=O) groups excluding carboxylic acids is 1. The van der Waals surface area contributed by atoms with Crippen LogP contribution in [0.1, 0.15) is 57.0 Å². The number of likely N-dealkylation sites (tertiary alicyclic amines) is 3. The summed E-state index contributed by atoms with van der Waals surface area (Å²) < 4.78 is 39.5. The third kappa shape index (κ3) is 3.89. The fraction of sp³-hybridized carbons (Fsp3) is 0.739. The highest BCUT2D eigenvalue weighted by Gasteiger charge is 2.58. The summed E-state index contributed by atoms with van der Waals surface area (Å²) in [6.45, 7) is 12.2. The molecule has 190 valence electrons. The lowest BCUT2D eigenvalue weighted by Crippen LogP contribution is -2.75. The first kappa shape index (κ1) is 22.8. The first-order valence-corrected chi connectivity index (χ1v) is 12.1. The monoisotopic (exact) mass is 492 g/mol. The second-order valence-electron chi connectivity index (χ2n) is 12.2. The van der Waals surface area contributed by atoms with Crippen LogP contribution in [-0.2, 0) is 18.1 Å². The second-order valence-corrected chi connectivity index (χ2v) is 12.2. The summed E-state index contributed by atoms with van der Waals surface area (Å²) in [4.78, 5) is 30.4. The molecule has 0 aromatic carbocycles. The Labute approximate surface area is 201 Å². The Morgan fingerprint density at radius 2 is 1.66 bits per heavy atom. The molecule has 1 saturated carbocycles. The van der Waals surface area contributed by atoms with Crippen LogP contribution in [0, 0.1) is 10.8 Å². The van der Waals surface area contributed by atoms with Gasteiger partial charge >= 0.3 is 12.2 Å². The van der Waals surface area contributed by atoms with Gasteiger partial charge in [0, 0.05) is 67.4 Å². The van der Waals surface area contributed by atoms with E-state index in [1.807, 2.05) is 16.0 Å². The summed E-state index contributed by atoms with van der Waals surface area (Å²) in [5.41, 5.74) is 1.43. The zero-order chi connectivity index (χ0) is 24.8. The van der Waals surface area contributed by atoms with Crippen molar-refractivity contribution < 1.29 is 18.0 Å². The highest BCUT2D eigenvalue weighted by Crippen LogP contribution is 2.54. The molecule has 3 saturated heterocycles. The van der Waals surface area contributed by atoms with E-state index in [9.17, 15) is 18.0 Å². The molecule has 2 aromatic heterocycles. The van der Waals surface area contributed by atoms with Gasteiger partial charge in [0.25, 0.3) is 5.82 Å². The third-order valence-electron chi connectivity index (χ3n) is 8.05. The number of nitrogens with one attached hydrogen (secondary N) is 1. The van der Waals surface area contributed by atoms with Gasteiger partial charge in [0.2, 0.25) is 0 Å². The molecule has 3 aliphatic heterocycles. The summed E-state index contributed by atoms with van der Waals surface area (Å²) in [7, 11) is 0. The van der Waals surface area contributed by atoms with E-state index >= 15 is 0 Å². The van der Waals surface area contributed by atoms with Crippen LogP contribution < -0.4 is 0 Å². The van der Waals surface area contributed by atoms with Gasteiger partial charge in [-0.2, -0.15) is 13.2 Å². The van der Waals surface area contributed by atoms with Gasteiger partial charge in [0.05, 0.1) is 12.6 Å². The molecule has 0 unspecified atom stereocenters. The van der Waals surface area contributed by atoms with Crippen LogP contribution in [0.4, 0.5) is 18.0 Å². The van der Waals surface area contributed by atoms with Gasteiger partial charge in [-0.3, -0.25) is 4.90 Å². The first-order chi connectivity index (χ1) is 16.3. The Balaban J connectivity index is 0.926. The van der Waals surface area contributed by atoms with Crippen molar-refractivity contribution in [3.05, 3.63) is 29.9 Å². The highest BCUT2D eigenvalue weighted by atomic mass is 19.4. The van der Waals surface area contributed by atoms with Crippen molar-refractivity contribution in [1.82, 2.24) is 39.4 Å². The normalized spacial score (nSPS) is 23.7. The van der Waals surface area contributed by atoms with E-state index in [1.165, 1.54) is 11.0 Å². The number of aromatic amines is 1. The van der Waals surface area contributed by atoms with Crippen molar-refractivity contribution in [2.45, 2.75) is 57.8 Å². The molecule has 0 radical (unpaired) electrons. The molecule has 1 aliphatic carbocycles. The molecule has 0 atom stereocenters. The fourth-order valence-electron chi connectivity index (χ4n) is 6.21.